The first-order chi connectivity index (χ1) is 16.5. The summed E-state index contributed by atoms with van der Waals surface area (Å²) in [4.78, 5) is 31.6. The monoisotopic (exact) mass is 451 g/mol. The van der Waals surface area contributed by atoms with Gasteiger partial charge in [-0.2, -0.15) is 0 Å². The Kier molecular flexibility index (Phi) is 5.72. The van der Waals surface area contributed by atoms with Crippen LogP contribution in [0.2, 0.25) is 0 Å². The third-order valence-electron chi connectivity index (χ3n) is 5.98. The third-order valence-corrected chi connectivity index (χ3v) is 5.98. The van der Waals surface area contributed by atoms with Crippen LogP contribution in [0.5, 0.6) is 0 Å². The minimum Gasteiger partial charge on any atom is -0.462 e. The Labute approximate surface area is 198 Å². The normalized spacial score (nSPS) is 12.5. The predicted octanol–water partition coefficient (Wildman–Crippen LogP) is 5.67. The summed E-state index contributed by atoms with van der Waals surface area (Å²) in [6.45, 7) is 5.02. The highest BCUT2D eigenvalue weighted by molar-refractivity contribution is 6.04. The molecule has 0 spiro atoms. The van der Waals surface area contributed by atoms with Crippen LogP contribution in [0.15, 0.2) is 72.8 Å². The van der Waals surface area contributed by atoms with Gasteiger partial charge in [-0.15, -0.1) is 0 Å². The number of rotatable bonds is 5. The summed E-state index contributed by atoms with van der Waals surface area (Å²) < 4.78 is 4.99. The number of anilines is 3. The maximum absolute atomic E-state index is 12.7. The van der Waals surface area contributed by atoms with Crippen molar-refractivity contribution in [3.05, 3.63) is 95.1 Å². The van der Waals surface area contributed by atoms with Crippen LogP contribution in [0.4, 0.5) is 17.2 Å². The van der Waals surface area contributed by atoms with E-state index in [2.05, 4.69) is 41.4 Å². The number of carbonyl (C=O) groups excluding carboxylic acids is 2. The zero-order chi connectivity index (χ0) is 23.7. The van der Waals surface area contributed by atoms with E-state index < -0.39 is 0 Å². The zero-order valence-corrected chi connectivity index (χ0v) is 19.2. The van der Waals surface area contributed by atoms with E-state index in [0.717, 1.165) is 35.4 Å². The molecule has 34 heavy (non-hydrogen) atoms. The number of fused-ring (bicyclic) bond motifs is 2. The van der Waals surface area contributed by atoms with Crippen molar-refractivity contribution in [3.63, 3.8) is 0 Å². The fraction of sp³-hybridized carbons (Fsp3) is 0.179. The van der Waals surface area contributed by atoms with E-state index >= 15 is 0 Å². The molecule has 0 radical (unpaired) electrons. The molecule has 1 aliphatic rings. The average molecular weight is 452 g/mol. The quantitative estimate of drug-likeness (QED) is 0.396. The molecule has 0 bridgehead atoms. The predicted molar refractivity (Wildman–Crippen MR) is 134 cm³/mol. The van der Waals surface area contributed by atoms with Crippen LogP contribution in [-0.4, -0.2) is 30.0 Å². The number of nitrogens with zero attached hydrogens (tertiary/aromatic N) is 2. The maximum atomic E-state index is 12.7. The molecule has 1 N–H and O–H groups in total. The lowest BCUT2D eigenvalue weighted by atomic mass is 10.1. The Morgan fingerprint density at radius 2 is 1.71 bits per heavy atom. The van der Waals surface area contributed by atoms with Crippen LogP contribution in [-0.2, 0) is 11.2 Å². The van der Waals surface area contributed by atoms with Gasteiger partial charge in [0.2, 0.25) is 0 Å². The van der Waals surface area contributed by atoms with Crippen LogP contribution >= 0.6 is 0 Å². The molecule has 0 saturated heterocycles. The first-order valence-corrected chi connectivity index (χ1v) is 11.4. The molecule has 1 amide bonds. The third kappa shape index (κ3) is 4.22. The minimum absolute atomic E-state index is 0.211. The van der Waals surface area contributed by atoms with E-state index in [-0.39, 0.29) is 11.9 Å². The Balaban J connectivity index is 1.31. The number of nitrogens with one attached hydrogen (secondary N) is 1. The molecule has 0 aliphatic carbocycles. The van der Waals surface area contributed by atoms with Crippen molar-refractivity contribution in [3.8, 4) is 0 Å². The smallest absolute Gasteiger partial charge is 0.338 e. The lowest BCUT2D eigenvalue weighted by Crippen LogP contribution is -2.15. The lowest BCUT2D eigenvalue weighted by molar-refractivity contribution is 0.0526. The maximum Gasteiger partial charge on any atom is 0.338 e. The van der Waals surface area contributed by atoms with Gasteiger partial charge in [0.15, 0.2) is 0 Å². The average Bonchev–Trinajstić information content (AvgIpc) is 3.26. The van der Waals surface area contributed by atoms with Crippen molar-refractivity contribution < 1.29 is 14.3 Å². The van der Waals surface area contributed by atoms with Gasteiger partial charge >= 0.3 is 5.97 Å². The van der Waals surface area contributed by atoms with E-state index in [0.29, 0.717) is 23.4 Å². The van der Waals surface area contributed by atoms with Crippen LogP contribution in [0.3, 0.4) is 0 Å². The molecule has 0 saturated carbocycles. The topological polar surface area (TPSA) is 71.5 Å². The molecule has 170 valence electrons. The SMILES string of the molecule is CCOC(=O)c1ccc(NC(=O)c2ccc(N3CCc4cc5ccc(C)cc5nc43)cc2)cc1. The van der Waals surface area contributed by atoms with Gasteiger partial charge < -0.3 is 15.0 Å². The molecular formula is C28H25N3O3. The number of benzene rings is 3. The largest absolute Gasteiger partial charge is 0.462 e. The van der Waals surface area contributed by atoms with Crippen LogP contribution in [0.25, 0.3) is 10.9 Å². The summed E-state index contributed by atoms with van der Waals surface area (Å²) in [6, 6.07) is 22.8. The Bertz CT molecular complexity index is 1380. The molecule has 0 fully saturated rings. The second-order valence-electron chi connectivity index (χ2n) is 8.37. The molecule has 0 atom stereocenters. The molecule has 6 nitrogen and oxygen atoms in total. The Hall–Kier alpha value is -4.19. The van der Waals surface area contributed by atoms with Crippen molar-refractivity contribution in [2.75, 3.05) is 23.4 Å². The van der Waals surface area contributed by atoms with Crippen molar-refractivity contribution in [1.29, 1.82) is 0 Å². The fourth-order valence-corrected chi connectivity index (χ4v) is 4.22. The number of amides is 1. The number of pyridine rings is 1. The van der Waals surface area contributed by atoms with Crippen LogP contribution in [0.1, 0.15) is 38.8 Å². The van der Waals surface area contributed by atoms with E-state index in [9.17, 15) is 9.59 Å². The van der Waals surface area contributed by atoms with Crippen molar-refractivity contribution in [2.45, 2.75) is 20.3 Å². The molecule has 4 aromatic rings. The van der Waals surface area contributed by atoms with Gasteiger partial charge in [0.1, 0.15) is 5.82 Å². The van der Waals surface area contributed by atoms with E-state index in [4.69, 9.17) is 9.72 Å². The standard InChI is InChI=1S/C28H25N3O3/c1-3-34-28(33)20-6-10-23(11-7-20)29-27(32)19-8-12-24(13-9-19)31-15-14-22-17-21-5-4-18(2)16-25(21)30-26(22)31/h4-13,16-17H,3,14-15H2,1-2H3,(H,29,32). The molecule has 2 heterocycles. The molecule has 3 aromatic carbocycles. The Morgan fingerprint density at radius 1 is 0.971 bits per heavy atom. The van der Waals surface area contributed by atoms with Crippen molar-refractivity contribution >= 4 is 40.0 Å². The van der Waals surface area contributed by atoms with Crippen LogP contribution in [0, 0.1) is 6.92 Å². The van der Waals surface area contributed by atoms with Crippen molar-refractivity contribution in [2.24, 2.45) is 0 Å². The van der Waals surface area contributed by atoms with Crippen LogP contribution < -0.4 is 10.2 Å². The molecule has 0 unspecified atom stereocenters. The van der Waals surface area contributed by atoms with E-state index in [1.54, 1.807) is 31.2 Å². The van der Waals surface area contributed by atoms with E-state index in [1.165, 1.54) is 11.1 Å². The number of hydrogen-bond donors (Lipinski definition) is 1. The number of hydrogen-bond acceptors (Lipinski definition) is 5. The first-order valence-electron chi connectivity index (χ1n) is 11.4. The second-order valence-corrected chi connectivity index (χ2v) is 8.37. The molecular weight excluding hydrogens is 426 g/mol. The number of carbonyl (C=O) groups is 2. The van der Waals surface area contributed by atoms with Gasteiger partial charge in [0.25, 0.3) is 5.91 Å². The molecule has 1 aromatic heterocycles. The number of aryl methyl sites for hydroxylation is 1. The molecule has 6 heteroatoms. The van der Waals surface area contributed by atoms with Gasteiger partial charge in [-0.25, -0.2) is 9.78 Å². The lowest BCUT2D eigenvalue weighted by Gasteiger charge is -2.19. The van der Waals surface area contributed by atoms with Gasteiger partial charge in [-0.05, 0) is 92.1 Å². The van der Waals surface area contributed by atoms with Crippen molar-refractivity contribution in [1.82, 2.24) is 4.98 Å². The summed E-state index contributed by atoms with van der Waals surface area (Å²) in [6.07, 6.45) is 0.941. The number of aromatic nitrogens is 1. The summed E-state index contributed by atoms with van der Waals surface area (Å²) in [5.74, 6) is 0.394. The molecule has 5 rings (SSSR count). The summed E-state index contributed by atoms with van der Waals surface area (Å²) >= 11 is 0. The highest BCUT2D eigenvalue weighted by atomic mass is 16.5. The highest BCUT2D eigenvalue weighted by Gasteiger charge is 2.23. The van der Waals surface area contributed by atoms with Gasteiger partial charge in [0, 0.05) is 28.9 Å². The van der Waals surface area contributed by atoms with Gasteiger partial charge in [-0.1, -0.05) is 12.1 Å². The number of ether oxygens (including phenoxy) is 1. The first kappa shape index (κ1) is 21.6. The van der Waals surface area contributed by atoms with Gasteiger partial charge in [-0.3, -0.25) is 4.79 Å². The number of esters is 1. The second kappa shape index (κ2) is 8.98. The summed E-state index contributed by atoms with van der Waals surface area (Å²) in [5, 5.41) is 4.03. The Morgan fingerprint density at radius 3 is 2.44 bits per heavy atom. The molecule has 1 aliphatic heterocycles. The highest BCUT2D eigenvalue weighted by Crippen LogP contribution is 2.35. The zero-order valence-electron chi connectivity index (χ0n) is 19.2. The van der Waals surface area contributed by atoms with E-state index in [1.807, 2.05) is 24.3 Å². The van der Waals surface area contributed by atoms with Gasteiger partial charge in [0.05, 0.1) is 17.7 Å². The summed E-state index contributed by atoms with van der Waals surface area (Å²) in [7, 11) is 0. The fourth-order valence-electron chi connectivity index (χ4n) is 4.22. The minimum atomic E-state index is -0.378. The summed E-state index contributed by atoms with van der Waals surface area (Å²) in [5.41, 5.74) is 6.05.